The molecular formula is C15H18N2O2S. The smallest absolute Gasteiger partial charge is 0.339 e. The largest absolute Gasteiger partial charge is 0.465 e. The zero-order valence-electron chi connectivity index (χ0n) is 11.6. The Morgan fingerprint density at radius 2 is 2.30 bits per heavy atom. The first-order valence-electron chi connectivity index (χ1n) is 6.48. The number of pyridine rings is 1. The van der Waals surface area contributed by atoms with Gasteiger partial charge in [-0.3, -0.25) is 4.98 Å². The number of esters is 1. The molecule has 1 N–H and O–H groups in total. The molecule has 2 heterocycles. The van der Waals surface area contributed by atoms with Gasteiger partial charge in [-0.2, -0.15) is 0 Å². The molecule has 2 aromatic heterocycles. The second-order valence-electron chi connectivity index (χ2n) is 4.60. The molecule has 106 valence electrons. The molecule has 0 aromatic carbocycles. The van der Waals surface area contributed by atoms with Crippen molar-refractivity contribution in [2.45, 2.75) is 25.9 Å². The highest BCUT2D eigenvalue weighted by molar-refractivity contribution is 7.09. The van der Waals surface area contributed by atoms with Crippen LogP contribution in [0.5, 0.6) is 0 Å². The standard InChI is InChI=1S/C15H18N2O2S/c1-11(8-14-4-3-7-20-14)16-10-13-6-5-12(9-17-13)15(18)19-2/h3-7,9,11,16H,8,10H2,1-2H3. The summed E-state index contributed by atoms with van der Waals surface area (Å²) < 4.78 is 4.64. The number of aromatic nitrogens is 1. The summed E-state index contributed by atoms with van der Waals surface area (Å²) in [5.74, 6) is -0.358. The van der Waals surface area contributed by atoms with E-state index < -0.39 is 0 Å². The third-order valence-electron chi connectivity index (χ3n) is 2.96. The third kappa shape index (κ3) is 4.15. The van der Waals surface area contributed by atoms with Gasteiger partial charge in [0.1, 0.15) is 0 Å². The van der Waals surface area contributed by atoms with Crippen molar-refractivity contribution in [2.75, 3.05) is 7.11 Å². The maximum atomic E-state index is 11.3. The fourth-order valence-corrected chi connectivity index (χ4v) is 2.68. The minimum absolute atomic E-state index is 0.358. The van der Waals surface area contributed by atoms with E-state index in [2.05, 4.69) is 39.5 Å². The van der Waals surface area contributed by atoms with Gasteiger partial charge in [0.05, 0.1) is 18.4 Å². The van der Waals surface area contributed by atoms with Gasteiger partial charge in [-0.25, -0.2) is 4.79 Å². The number of nitrogens with zero attached hydrogens (tertiary/aromatic N) is 1. The monoisotopic (exact) mass is 290 g/mol. The maximum absolute atomic E-state index is 11.3. The summed E-state index contributed by atoms with van der Waals surface area (Å²) in [6, 6.07) is 8.18. The van der Waals surface area contributed by atoms with E-state index in [1.54, 1.807) is 23.6 Å². The number of methoxy groups -OCH3 is 1. The van der Waals surface area contributed by atoms with E-state index in [1.807, 2.05) is 6.07 Å². The minimum Gasteiger partial charge on any atom is -0.465 e. The van der Waals surface area contributed by atoms with Gasteiger partial charge in [-0.15, -0.1) is 11.3 Å². The molecule has 0 bridgehead atoms. The van der Waals surface area contributed by atoms with Gasteiger partial charge in [0.25, 0.3) is 0 Å². The van der Waals surface area contributed by atoms with Gasteiger partial charge in [0.15, 0.2) is 0 Å². The van der Waals surface area contributed by atoms with Gasteiger partial charge >= 0.3 is 5.97 Å². The Bertz CT molecular complexity index is 538. The van der Waals surface area contributed by atoms with Crippen molar-refractivity contribution < 1.29 is 9.53 Å². The van der Waals surface area contributed by atoms with Crippen molar-refractivity contribution in [3.05, 3.63) is 52.0 Å². The highest BCUT2D eigenvalue weighted by Crippen LogP contribution is 2.11. The molecule has 0 radical (unpaired) electrons. The SMILES string of the molecule is COC(=O)c1ccc(CNC(C)Cc2cccs2)nc1. The second-order valence-corrected chi connectivity index (χ2v) is 5.63. The number of thiophene rings is 1. The second kappa shape index (κ2) is 7.17. The van der Waals surface area contributed by atoms with Gasteiger partial charge in [0, 0.05) is 23.7 Å². The first kappa shape index (κ1) is 14.7. The van der Waals surface area contributed by atoms with Crippen LogP contribution in [0.1, 0.15) is 27.9 Å². The van der Waals surface area contributed by atoms with E-state index >= 15 is 0 Å². The lowest BCUT2D eigenvalue weighted by molar-refractivity contribution is 0.0600. The number of ether oxygens (including phenoxy) is 1. The Kier molecular flexibility index (Phi) is 5.26. The highest BCUT2D eigenvalue weighted by atomic mass is 32.1. The molecule has 1 unspecified atom stereocenters. The van der Waals surface area contributed by atoms with Crippen LogP contribution in [0.2, 0.25) is 0 Å². The van der Waals surface area contributed by atoms with E-state index in [1.165, 1.54) is 12.0 Å². The number of hydrogen-bond donors (Lipinski definition) is 1. The molecule has 0 fully saturated rings. The molecule has 2 rings (SSSR count). The molecule has 4 nitrogen and oxygen atoms in total. The van der Waals surface area contributed by atoms with Crippen LogP contribution in [0.4, 0.5) is 0 Å². The summed E-state index contributed by atoms with van der Waals surface area (Å²) in [5.41, 5.74) is 1.39. The first-order chi connectivity index (χ1) is 9.69. The summed E-state index contributed by atoms with van der Waals surface area (Å²) in [4.78, 5) is 16.9. The average molecular weight is 290 g/mol. The van der Waals surface area contributed by atoms with E-state index in [9.17, 15) is 4.79 Å². The van der Waals surface area contributed by atoms with E-state index in [4.69, 9.17) is 0 Å². The molecule has 0 aliphatic carbocycles. The number of carbonyl (C=O) groups excluding carboxylic acids is 1. The zero-order chi connectivity index (χ0) is 14.4. The quantitative estimate of drug-likeness (QED) is 0.831. The van der Waals surface area contributed by atoms with Gasteiger partial charge in [-0.1, -0.05) is 6.07 Å². The lowest BCUT2D eigenvalue weighted by Crippen LogP contribution is -2.27. The number of nitrogens with one attached hydrogen (secondary N) is 1. The highest BCUT2D eigenvalue weighted by Gasteiger charge is 2.07. The summed E-state index contributed by atoms with van der Waals surface area (Å²) >= 11 is 1.77. The molecule has 1 atom stereocenters. The molecule has 0 amide bonds. The fourth-order valence-electron chi connectivity index (χ4n) is 1.85. The van der Waals surface area contributed by atoms with Crippen molar-refractivity contribution in [3.63, 3.8) is 0 Å². The maximum Gasteiger partial charge on any atom is 0.339 e. The molecule has 5 heteroatoms. The van der Waals surface area contributed by atoms with Crippen LogP contribution >= 0.6 is 11.3 Å². The number of rotatable bonds is 6. The topological polar surface area (TPSA) is 51.2 Å². The molecule has 20 heavy (non-hydrogen) atoms. The Labute approximate surface area is 122 Å². The Morgan fingerprint density at radius 1 is 1.45 bits per heavy atom. The number of hydrogen-bond acceptors (Lipinski definition) is 5. The van der Waals surface area contributed by atoms with E-state index in [0.717, 1.165) is 12.1 Å². The summed E-state index contributed by atoms with van der Waals surface area (Å²) in [5, 5.41) is 5.52. The Balaban J connectivity index is 1.83. The molecule has 0 aliphatic rings. The van der Waals surface area contributed by atoms with Crippen molar-refractivity contribution in [3.8, 4) is 0 Å². The molecular weight excluding hydrogens is 272 g/mol. The van der Waals surface area contributed by atoms with Crippen molar-refractivity contribution in [1.82, 2.24) is 10.3 Å². The third-order valence-corrected chi connectivity index (χ3v) is 3.86. The average Bonchev–Trinajstić information content (AvgIpc) is 2.97. The van der Waals surface area contributed by atoms with Crippen LogP contribution in [-0.4, -0.2) is 24.1 Å². The molecule has 0 saturated heterocycles. The fraction of sp³-hybridized carbons (Fsp3) is 0.333. The zero-order valence-corrected chi connectivity index (χ0v) is 12.4. The normalized spacial score (nSPS) is 12.1. The van der Waals surface area contributed by atoms with Gasteiger partial charge in [0.2, 0.25) is 0 Å². The number of carbonyl (C=O) groups is 1. The minimum atomic E-state index is -0.358. The Morgan fingerprint density at radius 3 is 2.90 bits per heavy atom. The van der Waals surface area contributed by atoms with Crippen molar-refractivity contribution >= 4 is 17.3 Å². The van der Waals surface area contributed by atoms with Crippen LogP contribution in [-0.2, 0) is 17.7 Å². The molecule has 0 saturated carbocycles. The predicted octanol–water partition coefficient (Wildman–Crippen LogP) is 2.65. The lowest BCUT2D eigenvalue weighted by Gasteiger charge is -2.12. The van der Waals surface area contributed by atoms with Crippen LogP contribution in [0, 0.1) is 0 Å². The summed E-state index contributed by atoms with van der Waals surface area (Å²) in [6.45, 7) is 2.84. The van der Waals surface area contributed by atoms with E-state index in [0.29, 0.717) is 18.2 Å². The summed E-state index contributed by atoms with van der Waals surface area (Å²) in [7, 11) is 1.37. The van der Waals surface area contributed by atoms with Crippen molar-refractivity contribution in [2.24, 2.45) is 0 Å². The summed E-state index contributed by atoms with van der Waals surface area (Å²) in [6.07, 6.45) is 2.56. The van der Waals surface area contributed by atoms with Crippen LogP contribution in [0.25, 0.3) is 0 Å². The van der Waals surface area contributed by atoms with Crippen LogP contribution in [0.15, 0.2) is 35.8 Å². The molecule has 0 aliphatic heterocycles. The van der Waals surface area contributed by atoms with Crippen LogP contribution in [0.3, 0.4) is 0 Å². The van der Waals surface area contributed by atoms with E-state index in [-0.39, 0.29) is 5.97 Å². The van der Waals surface area contributed by atoms with Gasteiger partial charge < -0.3 is 10.1 Å². The first-order valence-corrected chi connectivity index (χ1v) is 7.36. The predicted molar refractivity (Wildman–Crippen MR) is 79.9 cm³/mol. The molecule has 0 spiro atoms. The van der Waals surface area contributed by atoms with Crippen LogP contribution < -0.4 is 5.32 Å². The lowest BCUT2D eigenvalue weighted by atomic mass is 10.2. The van der Waals surface area contributed by atoms with Crippen molar-refractivity contribution in [1.29, 1.82) is 0 Å². The van der Waals surface area contributed by atoms with Gasteiger partial charge in [-0.05, 0) is 36.9 Å². The molecule has 2 aromatic rings. The Hall–Kier alpha value is -1.72.